The molecule has 0 bridgehead atoms. The molecule has 0 atom stereocenters. The first-order chi connectivity index (χ1) is 7.18. The molecule has 1 N–H and O–H groups in total. The number of H-pyrrole nitrogens is 1. The monoisotopic (exact) mass is 203 g/mol. The molecule has 0 spiro atoms. The number of hydrogen-bond donors (Lipinski definition) is 1. The third-order valence-corrected chi connectivity index (χ3v) is 2.29. The van der Waals surface area contributed by atoms with Crippen molar-refractivity contribution < 1.29 is 0 Å². The molecule has 0 aliphatic heterocycles. The highest BCUT2D eigenvalue weighted by Gasteiger charge is 2.00. The third-order valence-electron chi connectivity index (χ3n) is 2.29. The van der Waals surface area contributed by atoms with Gasteiger partial charge in [0.15, 0.2) is 0 Å². The summed E-state index contributed by atoms with van der Waals surface area (Å²) in [5.74, 6) is 0. The fraction of sp³-hybridized carbons (Fsp3) is 0.182. The summed E-state index contributed by atoms with van der Waals surface area (Å²) in [5.41, 5.74) is 1.86. The lowest BCUT2D eigenvalue weighted by molar-refractivity contribution is 0.985. The molecule has 4 nitrogen and oxygen atoms in total. The molecule has 1 aromatic carbocycles. The van der Waals surface area contributed by atoms with Crippen molar-refractivity contribution in [3.63, 3.8) is 0 Å². The van der Waals surface area contributed by atoms with Gasteiger partial charge in [0.25, 0.3) is 0 Å². The summed E-state index contributed by atoms with van der Waals surface area (Å²) in [7, 11) is 3.97. The standard InChI is InChI=1S/C11H13N3O/c1-13(2)9-3-5-10(6-4-9)14-8-7-12-11(14)15/h3-8H,1-2H3,(H,12,15). The Bertz CT molecular complexity index is 493. The van der Waals surface area contributed by atoms with Crippen LogP contribution in [-0.2, 0) is 0 Å². The normalized spacial score (nSPS) is 10.3. The van der Waals surface area contributed by atoms with Crippen molar-refractivity contribution in [2.24, 2.45) is 0 Å². The number of benzene rings is 1. The van der Waals surface area contributed by atoms with Gasteiger partial charge in [0.2, 0.25) is 0 Å². The Kier molecular flexibility index (Phi) is 2.33. The van der Waals surface area contributed by atoms with Crippen molar-refractivity contribution in [2.45, 2.75) is 0 Å². The fourth-order valence-electron chi connectivity index (χ4n) is 1.44. The second-order valence-electron chi connectivity index (χ2n) is 3.55. The smallest absolute Gasteiger partial charge is 0.330 e. The molecule has 0 unspecified atom stereocenters. The molecular weight excluding hydrogens is 190 g/mol. The second-order valence-corrected chi connectivity index (χ2v) is 3.55. The van der Waals surface area contributed by atoms with Gasteiger partial charge in [-0.3, -0.25) is 4.57 Å². The zero-order valence-corrected chi connectivity index (χ0v) is 8.77. The Labute approximate surface area is 87.8 Å². The van der Waals surface area contributed by atoms with E-state index in [1.54, 1.807) is 17.0 Å². The number of imidazole rings is 1. The number of nitrogens with zero attached hydrogens (tertiary/aromatic N) is 2. The fourth-order valence-corrected chi connectivity index (χ4v) is 1.44. The van der Waals surface area contributed by atoms with Crippen LogP contribution in [0.25, 0.3) is 5.69 Å². The molecule has 0 aliphatic rings. The second kappa shape index (κ2) is 3.65. The van der Waals surface area contributed by atoms with Gasteiger partial charge in [-0.2, -0.15) is 0 Å². The summed E-state index contributed by atoms with van der Waals surface area (Å²) in [4.78, 5) is 16.0. The highest BCUT2D eigenvalue weighted by atomic mass is 16.1. The van der Waals surface area contributed by atoms with Gasteiger partial charge < -0.3 is 9.88 Å². The number of anilines is 1. The summed E-state index contributed by atoms with van der Waals surface area (Å²) in [6, 6.07) is 7.80. The molecule has 4 heteroatoms. The van der Waals surface area contributed by atoms with Crippen LogP contribution < -0.4 is 10.6 Å². The topological polar surface area (TPSA) is 41.0 Å². The van der Waals surface area contributed by atoms with Crippen molar-refractivity contribution in [3.8, 4) is 5.69 Å². The number of hydrogen-bond acceptors (Lipinski definition) is 2. The molecule has 0 fully saturated rings. The number of rotatable bonds is 2. The number of aromatic amines is 1. The van der Waals surface area contributed by atoms with Crippen molar-refractivity contribution in [1.82, 2.24) is 9.55 Å². The predicted molar refractivity (Wildman–Crippen MR) is 60.7 cm³/mol. The summed E-state index contributed by atoms with van der Waals surface area (Å²) < 4.78 is 1.57. The SMILES string of the molecule is CN(C)c1ccc(-n2cc[nH]c2=O)cc1. The first-order valence-electron chi connectivity index (χ1n) is 4.72. The minimum atomic E-state index is -0.118. The predicted octanol–water partition coefficient (Wildman–Crippen LogP) is 1.23. The van der Waals surface area contributed by atoms with Crippen LogP contribution in [0.15, 0.2) is 41.5 Å². The Hall–Kier alpha value is -1.97. The van der Waals surface area contributed by atoms with Gasteiger partial charge >= 0.3 is 5.69 Å². The zero-order chi connectivity index (χ0) is 10.8. The average Bonchev–Trinajstić information content (AvgIpc) is 2.65. The minimum absolute atomic E-state index is 0.118. The van der Waals surface area contributed by atoms with Gasteiger partial charge in [-0.25, -0.2) is 4.79 Å². The van der Waals surface area contributed by atoms with Gasteiger partial charge in [-0.05, 0) is 24.3 Å². The molecule has 1 aromatic heterocycles. The molecular formula is C11H13N3O. The van der Waals surface area contributed by atoms with E-state index in [1.165, 1.54) is 0 Å². The molecule has 0 saturated heterocycles. The van der Waals surface area contributed by atoms with E-state index in [2.05, 4.69) is 4.98 Å². The van der Waals surface area contributed by atoms with E-state index in [1.807, 2.05) is 43.3 Å². The van der Waals surface area contributed by atoms with E-state index in [9.17, 15) is 4.79 Å². The Balaban J connectivity index is 2.40. The Morgan fingerprint density at radius 2 is 1.87 bits per heavy atom. The van der Waals surface area contributed by atoms with Crippen LogP contribution in [0, 0.1) is 0 Å². The van der Waals surface area contributed by atoms with Crippen molar-refractivity contribution in [2.75, 3.05) is 19.0 Å². The number of aromatic nitrogens is 2. The summed E-state index contributed by atoms with van der Waals surface area (Å²) in [6.45, 7) is 0. The van der Waals surface area contributed by atoms with Gasteiger partial charge in [0.1, 0.15) is 0 Å². The largest absolute Gasteiger partial charge is 0.378 e. The van der Waals surface area contributed by atoms with Gasteiger partial charge in [-0.15, -0.1) is 0 Å². The van der Waals surface area contributed by atoms with Crippen LogP contribution in [0.1, 0.15) is 0 Å². The molecule has 15 heavy (non-hydrogen) atoms. The van der Waals surface area contributed by atoms with Crippen LogP contribution in [0.3, 0.4) is 0 Å². The van der Waals surface area contributed by atoms with E-state index >= 15 is 0 Å². The molecule has 0 aliphatic carbocycles. The average molecular weight is 203 g/mol. The summed E-state index contributed by atoms with van der Waals surface area (Å²) in [6.07, 6.45) is 3.34. The molecule has 0 amide bonds. The van der Waals surface area contributed by atoms with Crippen LogP contribution in [0.4, 0.5) is 5.69 Å². The number of nitrogens with one attached hydrogen (secondary N) is 1. The molecule has 0 radical (unpaired) electrons. The maximum Gasteiger partial charge on any atom is 0.330 e. The van der Waals surface area contributed by atoms with Crippen molar-refractivity contribution in [3.05, 3.63) is 47.1 Å². The minimum Gasteiger partial charge on any atom is -0.378 e. The summed E-state index contributed by atoms with van der Waals surface area (Å²) in [5, 5.41) is 0. The van der Waals surface area contributed by atoms with Crippen LogP contribution in [0.5, 0.6) is 0 Å². The van der Waals surface area contributed by atoms with E-state index < -0.39 is 0 Å². The highest BCUT2D eigenvalue weighted by molar-refractivity contribution is 5.49. The van der Waals surface area contributed by atoms with Crippen LogP contribution in [0.2, 0.25) is 0 Å². The van der Waals surface area contributed by atoms with E-state index in [-0.39, 0.29) is 5.69 Å². The lowest BCUT2D eigenvalue weighted by Gasteiger charge is -2.12. The van der Waals surface area contributed by atoms with E-state index in [4.69, 9.17) is 0 Å². The first-order valence-corrected chi connectivity index (χ1v) is 4.72. The quantitative estimate of drug-likeness (QED) is 0.797. The lowest BCUT2D eigenvalue weighted by Crippen LogP contribution is -2.14. The van der Waals surface area contributed by atoms with Crippen molar-refractivity contribution in [1.29, 1.82) is 0 Å². The van der Waals surface area contributed by atoms with Crippen LogP contribution in [-0.4, -0.2) is 23.6 Å². The van der Waals surface area contributed by atoms with Crippen LogP contribution >= 0.6 is 0 Å². The van der Waals surface area contributed by atoms with E-state index in [0.717, 1.165) is 11.4 Å². The molecule has 1 heterocycles. The van der Waals surface area contributed by atoms with Gasteiger partial charge in [0.05, 0.1) is 5.69 Å². The summed E-state index contributed by atoms with van der Waals surface area (Å²) >= 11 is 0. The first kappa shape index (κ1) is 9.58. The van der Waals surface area contributed by atoms with Gasteiger partial charge in [0, 0.05) is 32.2 Å². The molecule has 2 rings (SSSR count). The molecule has 78 valence electrons. The molecule has 2 aromatic rings. The third kappa shape index (κ3) is 1.79. The molecule has 0 saturated carbocycles. The van der Waals surface area contributed by atoms with Crippen molar-refractivity contribution >= 4 is 5.69 Å². The van der Waals surface area contributed by atoms with Gasteiger partial charge in [-0.1, -0.05) is 0 Å². The Morgan fingerprint density at radius 1 is 1.20 bits per heavy atom. The van der Waals surface area contributed by atoms with E-state index in [0.29, 0.717) is 0 Å². The maximum absolute atomic E-state index is 11.3. The zero-order valence-electron chi connectivity index (χ0n) is 8.77. The Morgan fingerprint density at radius 3 is 2.33 bits per heavy atom. The highest BCUT2D eigenvalue weighted by Crippen LogP contribution is 2.13. The maximum atomic E-state index is 11.3. The lowest BCUT2D eigenvalue weighted by atomic mass is 10.2.